The quantitative estimate of drug-likeness (QED) is 0.694. The van der Waals surface area contributed by atoms with Crippen molar-refractivity contribution in [2.45, 2.75) is 75.3 Å². The summed E-state index contributed by atoms with van der Waals surface area (Å²) in [5, 5.41) is 7.39. The molecule has 1 aliphatic carbocycles. The minimum Gasteiger partial charge on any atom is -0.370 e. The minimum atomic E-state index is -3.46. The van der Waals surface area contributed by atoms with Gasteiger partial charge in [-0.1, -0.05) is 38.8 Å². The first-order valence-corrected chi connectivity index (χ1v) is 13.0. The van der Waals surface area contributed by atoms with Crippen molar-refractivity contribution in [1.82, 2.24) is 14.9 Å². The molecule has 31 heavy (non-hydrogen) atoms. The topological polar surface area (TPSA) is 73.8 Å². The van der Waals surface area contributed by atoms with Crippen LogP contribution in [0.1, 0.15) is 57.9 Å². The number of sulfonamides is 1. The van der Waals surface area contributed by atoms with Gasteiger partial charge in [0.1, 0.15) is 5.84 Å². The van der Waals surface area contributed by atoms with Gasteiger partial charge in [0.05, 0.1) is 17.0 Å². The fourth-order valence-corrected chi connectivity index (χ4v) is 6.53. The third-order valence-corrected chi connectivity index (χ3v) is 8.69. The Kier molecular flexibility index (Phi) is 8.05. The molecule has 0 amide bonds. The number of benzene rings is 1. The maximum Gasteiger partial charge on any atom is 0.243 e. The molecule has 2 N–H and O–H groups in total. The fourth-order valence-electron chi connectivity index (χ4n) is 5.09. The summed E-state index contributed by atoms with van der Waals surface area (Å²) < 4.78 is 28.1. The molecule has 174 valence electrons. The molecule has 1 saturated carbocycles. The zero-order chi connectivity index (χ0) is 21.2. The van der Waals surface area contributed by atoms with Crippen LogP contribution in [0, 0.1) is 5.92 Å². The van der Waals surface area contributed by atoms with Crippen molar-refractivity contribution in [3.8, 4) is 0 Å². The van der Waals surface area contributed by atoms with Gasteiger partial charge >= 0.3 is 0 Å². The van der Waals surface area contributed by atoms with Crippen LogP contribution >= 0.6 is 12.4 Å². The monoisotopic (exact) mass is 468 g/mol. The van der Waals surface area contributed by atoms with Crippen LogP contribution in [0.15, 0.2) is 34.2 Å². The summed E-state index contributed by atoms with van der Waals surface area (Å²) in [5.74, 6) is 1.62. The Balaban J connectivity index is 0.00000272. The van der Waals surface area contributed by atoms with E-state index in [9.17, 15) is 8.42 Å². The van der Waals surface area contributed by atoms with E-state index in [4.69, 9.17) is 4.99 Å². The van der Waals surface area contributed by atoms with Crippen LogP contribution in [0.5, 0.6) is 0 Å². The molecule has 6 nitrogen and oxygen atoms in total. The zero-order valence-corrected chi connectivity index (χ0v) is 20.4. The summed E-state index contributed by atoms with van der Waals surface area (Å²) in [6.07, 6.45) is 7.48. The standard InChI is InChI=1S/C23H36N4O2S.ClH/c1-18(2)17-19-7-9-21(10-8-19)30(28,29)27-15-11-23(12-16-27)22(24-13-14-25-23)26-20-5-3-4-6-20;/h7-10,18,20,25H,3-6,11-17H2,1-2H3,(H,24,26);1H. The van der Waals surface area contributed by atoms with Gasteiger partial charge in [0.15, 0.2) is 0 Å². The molecule has 8 heteroatoms. The van der Waals surface area contributed by atoms with Crippen molar-refractivity contribution in [3.63, 3.8) is 0 Å². The Morgan fingerprint density at radius 3 is 2.42 bits per heavy atom. The Morgan fingerprint density at radius 2 is 1.81 bits per heavy atom. The van der Waals surface area contributed by atoms with E-state index in [1.165, 1.54) is 31.2 Å². The molecule has 0 atom stereocenters. The lowest BCUT2D eigenvalue weighted by Gasteiger charge is -2.45. The summed E-state index contributed by atoms with van der Waals surface area (Å²) in [7, 11) is -3.46. The summed E-state index contributed by atoms with van der Waals surface area (Å²) in [6.45, 7) is 7.05. The van der Waals surface area contributed by atoms with E-state index >= 15 is 0 Å². The largest absolute Gasteiger partial charge is 0.370 e. The SMILES string of the molecule is CC(C)Cc1ccc(S(=O)(=O)N2CCC3(CC2)NCCN=C3NC2CCCC2)cc1.Cl. The number of hydrogen-bond acceptors (Lipinski definition) is 5. The second-order valence-electron chi connectivity index (χ2n) is 9.51. The highest BCUT2D eigenvalue weighted by Crippen LogP contribution is 2.30. The molecular weight excluding hydrogens is 432 g/mol. The van der Waals surface area contributed by atoms with Gasteiger partial charge in [-0.2, -0.15) is 4.31 Å². The van der Waals surface area contributed by atoms with Crippen LogP contribution in [0.3, 0.4) is 0 Å². The third-order valence-electron chi connectivity index (χ3n) is 6.78. The number of amidine groups is 1. The molecule has 0 radical (unpaired) electrons. The van der Waals surface area contributed by atoms with Crippen molar-refractivity contribution < 1.29 is 8.42 Å². The second-order valence-corrected chi connectivity index (χ2v) is 11.4. The molecule has 0 unspecified atom stereocenters. The van der Waals surface area contributed by atoms with Crippen molar-refractivity contribution in [1.29, 1.82) is 0 Å². The lowest BCUT2D eigenvalue weighted by atomic mass is 9.85. The van der Waals surface area contributed by atoms with Crippen LogP contribution in [-0.2, 0) is 16.4 Å². The van der Waals surface area contributed by atoms with Crippen molar-refractivity contribution in [3.05, 3.63) is 29.8 Å². The molecule has 0 aromatic heterocycles. The molecule has 0 bridgehead atoms. The fraction of sp³-hybridized carbons (Fsp3) is 0.696. The van der Waals surface area contributed by atoms with E-state index in [1.807, 2.05) is 12.1 Å². The van der Waals surface area contributed by atoms with E-state index in [0.717, 1.165) is 38.2 Å². The number of aliphatic imine (C=N–C) groups is 1. The lowest BCUT2D eigenvalue weighted by Crippen LogP contribution is -2.65. The Labute approximate surface area is 193 Å². The molecule has 1 spiro atoms. The minimum absolute atomic E-state index is 0. The molecule has 1 aromatic carbocycles. The molecular formula is C23H37ClN4O2S. The van der Waals surface area contributed by atoms with E-state index < -0.39 is 10.0 Å². The number of nitrogens with zero attached hydrogens (tertiary/aromatic N) is 2. The number of piperidine rings is 1. The first-order valence-electron chi connectivity index (χ1n) is 11.5. The van der Waals surface area contributed by atoms with Crippen molar-refractivity contribution >= 4 is 28.3 Å². The van der Waals surface area contributed by atoms with E-state index in [-0.39, 0.29) is 17.9 Å². The summed E-state index contributed by atoms with van der Waals surface area (Å²) >= 11 is 0. The van der Waals surface area contributed by atoms with Gasteiger partial charge in [0.2, 0.25) is 10.0 Å². The maximum absolute atomic E-state index is 13.2. The number of rotatable bonds is 5. The Morgan fingerprint density at radius 1 is 1.16 bits per heavy atom. The van der Waals surface area contributed by atoms with Gasteiger partial charge in [-0.05, 0) is 55.7 Å². The van der Waals surface area contributed by atoms with Crippen LogP contribution < -0.4 is 10.6 Å². The highest BCUT2D eigenvalue weighted by molar-refractivity contribution is 7.89. The van der Waals surface area contributed by atoms with E-state index in [2.05, 4.69) is 24.5 Å². The second kappa shape index (κ2) is 10.2. The third kappa shape index (κ3) is 5.44. The molecule has 1 aromatic rings. The molecule has 1 saturated heterocycles. The molecule has 2 fully saturated rings. The lowest BCUT2D eigenvalue weighted by molar-refractivity contribution is 0.240. The average Bonchev–Trinajstić information content (AvgIpc) is 3.23. The average molecular weight is 469 g/mol. The van der Waals surface area contributed by atoms with Gasteiger partial charge in [0, 0.05) is 25.7 Å². The van der Waals surface area contributed by atoms with Crippen LogP contribution in [-0.4, -0.2) is 56.3 Å². The highest BCUT2D eigenvalue weighted by Gasteiger charge is 2.43. The van der Waals surface area contributed by atoms with E-state index in [1.54, 1.807) is 16.4 Å². The number of hydrogen-bond donors (Lipinski definition) is 2. The smallest absolute Gasteiger partial charge is 0.243 e. The van der Waals surface area contributed by atoms with Gasteiger partial charge < -0.3 is 10.6 Å². The van der Waals surface area contributed by atoms with Gasteiger partial charge in [-0.15, -0.1) is 12.4 Å². The first-order chi connectivity index (χ1) is 14.4. The van der Waals surface area contributed by atoms with Crippen molar-refractivity contribution in [2.75, 3.05) is 26.2 Å². The summed E-state index contributed by atoms with van der Waals surface area (Å²) in [6, 6.07) is 7.97. The molecule has 2 aliphatic heterocycles. The van der Waals surface area contributed by atoms with Crippen LogP contribution in [0.4, 0.5) is 0 Å². The molecule has 2 heterocycles. The summed E-state index contributed by atoms with van der Waals surface area (Å²) in [5.41, 5.74) is 0.986. The van der Waals surface area contributed by atoms with Gasteiger partial charge in [0.25, 0.3) is 0 Å². The first kappa shape index (κ1) is 24.5. The number of nitrogens with one attached hydrogen (secondary N) is 2. The Bertz CT molecular complexity index is 856. The maximum atomic E-state index is 13.2. The predicted molar refractivity (Wildman–Crippen MR) is 129 cm³/mol. The number of halogens is 1. The van der Waals surface area contributed by atoms with Crippen LogP contribution in [0.25, 0.3) is 0 Å². The normalized spacial score (nSPS) is 22.4. The van der Waals surface area contributed by atoms with E-state index in [0.29, 0.717) is 29.9 Å². The van der Waals surface area contributed by atoms with Crippen molar-refractivity contribution in [2.24, 2.45) is 10.9 Å². The van der Waals surface area contributed by atoms with Gasteiger partial charge in [-0.25, -0.2) is 8.42 Å². The predicted octanol–water partition coefficient (Wildman–Crippen LogP) is 3.36. The Hall–Kier alpha value is -1.15. The molecule has 3 aliphatic rings. The highest BCUT2D eigenvalue weighted by atomic mass is 35.5. The zero-order valence-electron chi connectivity index (χ0n) is 18.8. The van der Waals surface area contributed by atoms with Crippen LogP contribution in [0.2, 0.25) is 0 Å². The summed E-state index contributed by atoms with van der Waals surface area (Å²) in [4.78, 5) is 5.23. The molecule has 4 rings (SSSR count). The van der Waals surface area contributed by atoms with Gasteiger partial charge in [-0.3, -0.25) is 4.99 Å².